The zero-order chi connectivity index (χ0) is 16.9. The van der Waals surface area contributed by atoms with Crippen LogP contribution in [0.2, 0.25) is 0 Å². The molecule has 2 fully saturated rings. The lowest BCUT2D eigenvalue weighted by Crippen LogP contribution is -2.44. The maximum absolute atomic E-state index is 13.4. The molecule has 7 heteroatoms. The Labute approximate surface area is 155 Å². The molecule has 24 heavy (non-hydrogen) atoms. The highest BCUT2D eigenvalue weighted by Crippen LogP contribution is 2.40. The second kappa shape index (κ2) is 6.36. The van der Waals surface area contributed by atoms with Gasteiger partial charge >= 0.3 is 0 Å². The molecule has 0 amide bonds. The second-order valence-corrected chi connectivity index (χ2v) is 11.0. The number of hydrogen-bond acceptors (Lipinski definition) is 5. The number of fused-ring (bicyclic) bond motifs is 1. The van der Waals surface area contributed by atoms with Crippen molar-refractivity contribution in [3.63, 3.8) is 0 Å². The molecular formula is C17H21BrN2O2S2. The van der Waals surface area contributed by atoms with E-state index in [1.165, 1.54) is 11.3 Å². The zero-order valence-corrected chi connectivity index (χ0v) is 16.8. The summed E-state index contributed by atoms with van der Waals surface area (Å²) in [5, 5.41) is 4.04. The number of halogens is 1. The first-order valence-electron chi connectivity index (χ1n) is 8.37. The Hall–Kier alpha value is -0.470. The van der Waals surface area contributed by atoms with Crippen LogP contribution in [0.15, 0.2) is 26.9 Å². The third-order valence-corrected chi connectivity index (χ3v) is 9.77. The Bertz CT molecular complexity index is 872. The van der Waals surface area contributed by atoms with E-state index in [0.717, 1.165) is 59.0 Å². The lowest BCUT2D eigenvalue weighted by molar-refractivity contribution is 0.233. The molecule has 2 saturated heterocycles. The van der Waals surface area contributed by atoms with Gasteiger partial charge in [-0.2, -0.15) is 0 Å². The standard InChI is InChI=1S/C17H21BrN2O2S2/c1-11-14-9-12(18)4-5-15(14)23-17(11)24(21,22)16-3-2-8-20(16)13-6-7-19-10-13/h4-5,9,13,16,19H,2-3,6-8,10H2,1H3. The van der Waals surface area contributed by atoms with Crippen molar-refractivity contribution >= 4 is 47.2 Å². The van der Waals surface area contributed by atoms with Gasteiger partial charge in [-0.1, -0.05) is 15.9 Å². The van der Waals surface area contributed by atoms with Gasteiger partial charge in [0.05, 0.1) is 0 Å². The van der Waals surface area contributed by atoms with Gasteiger partial charge < -0.3 is 5.32 Å². The summed E-state index contributed by atoms with van der Waals surface area (Å²) in [5.41, 5.74) is 0.896. The minimum atomic E-state index is -3.33. The Kier molecular flexibility index (Phi) is 4.50. The number of likely N-dealkylation sites (tertiary alicyclic amines) is 1. The Balaban J connectivity index is 1.75. The summed E-state index contributed by atoms with van der Waals surface area (Å²) in [5.74, 6) is 0. The van der Waals surface area contributed by atoms with E-state index in [1.54, 1.807) is 0 Å². The average molecular weight is 429 g/mol. The number of thiophene rings is 1. The summed E-state index contributed by atoms with van der Waals surface area (Å²) in [4.78, 5) is 2.23. The molecule has 2 atom stereocenters. The molecule has 4 nitrogen and oxygen atoms in total. The van der Waals surface area contributed by atoms with Crippen molar-refractivity contribution in [1.82, 2.24) is 10.2 Å². The van der Waals surface area contributed by atoms with Gasteiger partial charge in [-0.15, -0.1) is 11.3 Å². The summed E-state index contributed by atoms with van der Waals surface area (Å²) in [6, 6.07) is 6.36. The molecular weight excluding hydrogens is 408 g/mol. The number of nitrogens with one attached hydrogen (secondary N) is 1. The van der Waals surface area contributed by atoms with Crippen molar-refractivity contribution in [3.05, 3.63) is 28.2 Å². The largest absolute Gasteiger partial charge is 0.315 e. The molecule has 2 aliphatic heterocycles. The van der Waals surface area contributed by atoms with Crippen LogP contribution in [0.25, 0.3) is 10.1 Å². The van der Waals surface area contributed by atoms with Gasteiger partial charge in [0.1, 0.15) is 9.58 Å². The summed E-state index contributed by atoms with van der Waals surface area (Å²) >= 11 is 4.91. The van der Waals surface area contributed by atoms with Crippen molar-refractivity contribution < 1.29 is 8.42 Å². The highest BCUT2D eigenvalue weighted by molar-refractivity contribution is 9.10. The van der Waals surface area contributed by atoms with E-state index < -0.39 is 9.84 Å². The van der Waals surface area contributed by atoms with Gasteiger partial charge in [-0.25, -0.2) is 8.42 Å². The van der Waals surface area contributed by atoms with Crippen LogP contribution in [0, 0.1) is 6.92 Å². The highest BCUT2D eigenvalue weighted by Gasteiger charge is 2.42. The van der Waals surface area contributed by atoms with Crippen LogP contribution in [0.4, 0.5) is 0 Å². The molecule has 1 aromatic carbocycles. The van der Waals surface area contributed by atoms with Gasteiger partial charge in [0.2, 0.25) is 9.84 Å². The van der Waals surface area contributed by atoms with E-state index in [1.807, 2.05) is 25.1 Å². The van der Waals surface area contributed by atoms with Crippen molar-refractivity contribution in [2.24, 2.45) is 0 Å². The molecule has 1 aromatic heterocycles. The maximum atomic E-state index is 13.4. The van der Waals surface area contributed by atoms with Crippen LogP contribution < -0.4 is 5.32 Å². The summed E-state index contributed by atoms with van der Waals surface area (Å²) in [7, 11) is -3.33. The molecule has 0 radical (unpaired) electrons. The molecule has 0 spiro atoms. The SMILES string of the molecule is Cc1c(S(=O)(=O)C2CCCN2C2CCNC2)sc2ccc(Br)cc12. The summed E-state index contributed by atoms with van der Waals surface area (Å²) < 4.78 is 29.4. The van der Waals surface area contributed by atoms with Crippen LogP contribution in [0.1, 0.15) is 24.8 Å². The molecule has 0 aliphatic carbocycles. The topological polar surface area (TPSA) is 49.4 Å². The number of benzene rings is 1. The molecule has 1 N–H and O–H groups in total. The number of sulfone groups is 1. The monoisotopic (exact) mass is 428 g/mol. The third kappa shape index (κ3) is 2.74. The van der Waals surface area contributed by atoms with Crippen LogP contribution in [0.5, 0.6) is 0 Å². The predicted molar refractivity (Wildman–Crippen MR) is 102 cm³/mol. The van der Waals surface area contributed by atoms with Crippen molar-refractivity contribution in [2.75, 3.05) is 19.6 Å². The number of hydrogen-bond donors (Lipinski definition) is 1. The number of nitrogens with zero attached hydrogens (tertiary/aromatic N) is 1. The van der Waals surface area contributed by atoms with E-state index >= 15 is 0 Å². The normalized spacial score (nSPS) is 25.8. The van der Waals surface area contributed by atoms with E-state index in [4.69, 9.17) is 0 Å². The molecule has 3 heterocycles. The summed E-state index contributed by atoms with van der Waals surface area (Å²) in [6.45, 7) is 4.73. The molecule has 2 aromatic rings. The maximum Gasteiger partial charge on any atom is 0.204 e. The van der Waals surface area contributed by atoms with Crippen LogP contribution >= 0.6 is 27.3 Å². The van der Waals surface area contributed by atoms with Crippen LogP contribution in [-0.2, 0) is 9.84 Å². The van der Waals surface area contributed by atoms with Crippen LogP contribution in [0.3, 0.4) is 0 Å². The Morgan fingerprint density at radius 2 is 2.17 bits per heavy atom. The third-order valence-electron chi connectivity index (χ3n) is 5.21. The fraction of sp³-hybridized carbons (Fsp3) is 0.529. The first kappa shape index (κ1) is 17.0. The number of aryl methyl sites for hydroxylation is 1. The molecule has 0 saturated carbocycles. The van der Waals surface area contributed by atoms with Gasteiger partial charge in [0, 0.05) is 21.8 Å². The van der Waals surface area contributed by atoms with Gasteiger partial charge in [0.25, 0.3) is 0 Å². The van der Waals surface area contributed by atoms with Gasteiger partial charge in [-0.05, 0) is 68.4 Å². The molecule has 4 rings (SSSR count). The lowest BCUT2D eigenvalue weighted by Gasteiger charge is -2.29. The summed E-state index contributed by atoms with van der Waals surface area (Å²) in [6.07, 6.45) is 2.76. The predicted octanol–water partition coefficient (Wildman–Crippen LogP) is 3.53. The lowest BCUT2D eigenvalue weighted by atomic mass is 10.2. The zero-order valence-electron chi connectivity index (χ0n) is 13.6. The van der Waals surface area contributed by atoms with Crippen molar-refractivity contribution in [1.29, 1.82) is 0 Å². The Morgan fingerprint density at radius 3 is 2.92 bits per heavy atom. The van der Waals surface area contributed by atoms with Crippen molar-refractivity contribution in [3.8, 4) is 0 Å². The quantitative estimate of drug-likeness (QED) is 0.811. The molecule has 0 bridgehead atoms. The van der Waals surface area contributed by atoms with E-state index in [0.29, 0.717) is 10.3 Å². The molecule has 2 unspecified atom stereocenters. The van der Waals surface area contributed by atoms with E-state index in [9.17, 15) is 8.42 Å². The van der Waals surface area contributed by atoms with E-state index in [-0.39, 0.29) is 5.37 Å². The average Bonchev–Trinajstić information content (AvgIpc) is 3.26. The van der Waals surface area contributed by atoms with Gasteiger partial charge in [0.15, 0.2) is 0 Å². The first-order valence-corrected chi connectivity index (χ1v) is 11.5. The Morgan fingerprint density at radius 1 is 1.33 bits per heavy atom. The van der Waals surface area contributed by atoms with E-state index in [2.05, 4.69) is 26.1 Å². The minimum Gasteiger partial charge on any atom is -0.315 e. The minimum absolute atomic E-state index is 0.358. The molecule has 130 valence electrons. The smallest absolute Gasteiger partial charge is 0.204 e. The highest BCUT2D eigenvalue weighted by atomic mass is 79.9. The number of rotatable bonds is 3. The van der Waals surface area contributed by atoms with Crippen molar-refractivity contribution in [2.45, 2.75) is 41.8 Å². The fourth-order valence-corrected chi connectivity index (χ4v) is 8.24. The fourth-order valence-electron chi connectivity index (χ4n) is 4.00. The second-order valence-electron chi connectivity index (χ2n) is 6.68. The first-order chi connectivity index (χ1) is 11.5. The van der Waals surface area contributed by atoms with Crippen LogP contribution in [-0.4, -0.2) is 44.4 Å². The van der Waals surface area contributed by atoms with Gasteiger partial charge in [-0.3, -0.25) is 4.90 Å². The molecule has 2 aliphatic rings.